The fourth-order valence-corrected chi connectivity index (χ4v) is 6.48. The van der Waals surface area contributed by atoms with Gasteiger partial charge in [-0.25, -0.2) is 4.98 Å². The summed E-state index contributed by atoms with van der Waals surface area (Å²) < 4.78 is 12.3. The van der Waals surface area contributed by atoms with Gasteiger partial charge in [0.15, 0.2) is 5.78 Å². The number of amides is 1. The Hall–Kier alpha value is -2.78. The second kappa shape index (κ2) is 10.3. The summed E-state index contributed by atoms with van der Waals surface area (Å²) in [5.41, 5.74) is 6.31. The normalized spacial score (nSPS) is 32.2. The number of benzene rings is 1. The molecule has 3 heterocycles. The number of carbonyl (C=O) groups excluding carboxylic acids is 3. The average Bonchev–Trinajstić information content (AvgIpc) is 3.20. The molecule has 0 bridgehead atoms. The van der Waals surface area contributed by atoms with Gasteiger partial charge in [-0.2, -0.15) is 0 Å². The van der Waals surface area contributed by atoms with E-state index in [0.717, 1.165) is 35.9 Å². The molecular formula is C27H33N3O5S. The molecule has 1 aromatic carbocycles. The number of hydrogen-bond acceptors (Lipinski definition) is 8. The Labute approximate surface area is 214 Å². The lowest BCUT2D eigenvalue weighted by atomic mass is 9.92. The summed E-state index contributed by atoms with van der Waals surface area (Å²) in [6.45, 7) is 0.271. The van der Waals surface area contributed by atoms with Crippen LogP contribution >= 0.6 is 11.3 Å². The van der Waals surface area contributed by atoms with E-state index in [1.165, 1.54) is 18.4 Å². The van der Waals surface area contributed by atoms with Crippen molar-refractivity contribution in [3.05, 3.63) is 36.4 Å². The van der Waals surface area contributed by atoms with Gasteiger partial charge in [0.2, 0.25) is 5.91 Å². The minimum absolute atomic E-state index is 0.0124. The molecule has 1 saturated heterocycles. The highest BCUT2D eigenvalue weighted by Gasteiger charge is 2.61. The van der Waals surface area contributed by atoms with Gasteiger partial charge in [-0.3, -0.25) is 14.4 Å². The third-order valence-corrected chi connectivity index (χ3v) is 8.67. The molecule has 2 aliphatic heterocycles. The molecule has 1 saturated carbocycles. The van der Waals surface area contributed by atoms with Gasteiger partial charge in [-0.15, -0.1) is 0 Å². The van der Waals surface area contributed by atoms with Crippen LogP contribution in [-0.4, -0.2) is 59.4 Å². The van der Waals surface area contributed by atoms with Crippen LogP contribution in [0.2, 0.25) is 0 Å². The topological polar surface area (TPSA) is 112 Å². The Morgan fingerprint density at radius 2 is 2.06 bits per heavy atom. The van der Waals surface area contributed by atoms with Crippen LogP contribution in [0.4, 0.5) is 0 Å². The third-order valence-electron chi connectivity index (χ3n) is 7.75. The smallest absolute Gasteiger partial charge is 0.312 e. The van der Waals surface area contributed by atoms with Crippen LogP contribution in [0.3, 0.4) is 0 Å². The number of allylic oxidation sites excluding steroid dienone is 2. The zero-order valence-electron chi connectivity index (χ0n) is 20.6. The zero-order chi connectivity index (χ0) is 25.3. The zero-order valence-corrected chi connectivity index (χ0v) is 21.4. The number of ketones is 1. The number of Topliss-reactive ketones (excluding diaryl/α,β-unsaturated/α-hetero) is 1. The molecule has 0 radical (unpaired) electrons. The van der Waals surface area contributed by atoms with Crippen molar-refractivity contribution in [3.8, 4) is 5.19 Å². The summed E-state index contributed by atoms with van der Waals surface area (Å²) >= 11 is 1.44. The van der Waals surface area contributed by atoms with E-state index in [9.17, 15) is 14.4 Å². The number of esters is 1. The number of rotatable bonds is 3. The lowest BCUT2D eigenvalue weighted by Gasteiger charge is -2.27. The van der Waals surface area contributed by atoms with Crippen molar-refractivity contribution < 1.29 is 23.9 Å². The van der Waals surface area contributed by atoms with Gasteiger partial charge in [-0.1, -0.05) is 48.5 Å². The third kappa shape index (κ3) is 4.91. The monoisotopic (exact) mass is 511 g/mol. The maximum atomic E-state index is 13.7. The largest absolute Gasteiger partial charge is 0.469 e. The van der Waals surface area contributed by atoms with Crippen LogP contribution in [0.5, 0.6) is 5.19 Å². The Balaban J connectivity index is 1.39. The number of ether oxygens (including phenoxy) is 2. The molecular weight excluding hydrogens is 478 g/mol. The summed E-state index contributed by atoms with van der Waals surface area (Å²) in [4.78, 5) is 45.9. The van der Waals surface area contributed by atoms with E-state index < -0.39 is 17.5 Å². The second-order valence-electron chi connectivity index (χ2n) is 10.2. The van der Waals surface area contributed by atoms with Crippen molar-refractivity contribution in [3.63, 3.8) is 0 Å². The number of para-hydroxylation sites is 1. The summed E-state index contributed by atoms with van der Waals surface area (Å²) in [6.07, 6.45) is 9.10. The molecule has 5 rings (SSSR count). The molecule has 0 spiro atoms. The number of nitrogens with two attached hydrogens (primary N) is 1. The second-order valence-corrected chi connectivity index (χ2v) is 11.2. The van der Waals surface area contributed by atoms with Crippen molar-refractivity contribution in [2.45, 2.75) is 69.6 Å². The molecule has 2 fully saturated rings. The van der Waals surface area contributed by atoms with Gasteiger partial charge in [0.1, 0.15) is 6.10 Å². The highest BCUT2D eigenvalue weighted by Crippen LogP contribution is 2.57. The number of aromatic nitrogens is 1. The SMILES string of the molecule is COC(=O)[C@]12CC(=O)[C@@H]3C[C@@H](Oc4nc5ccccc5s4)CN3C(=O)[C@@H](N)CCCCC/C=C\[C@@H]1C2. The molecule has 2 N–H and O–H groups in total. The molecule has 36 heavy (non-hydrogen) atoms. The van der Waals surface area contributed by atoms with Gasteiger partial charge in [0, 0.05) is 12.8 Å². The molecule has 192 valence electrons. The van der Waals surface area contributed by atoms with Gasteiger partial charge >= 0.3 is 5.97 Å². The lowest BCUT2D eigenvalue weighted by Crippen LogP contribution is -2.49. The molecule has 5 atom stereocenters. The predicted octanol–water partition coefficient (Wildman–Crippen LogP) is 3.63. The number of fused-ring (bicyclic) bond motifs is 3. The number of hydrogen-bond donors (Lipinski definition) is 1. The Morgan fingerprint density at radius 3 is 2.86 bits per heavy atom. The van der Waals surface area contributed by atoms with Crippen molar-refractivity contribution in [1.82, 2.24) is 9.88 Å². The lowest BCUT2D eigenvalue weighted by molar-refractivity contribution is -0.150. The first-order valence-corrected chi connectivity index (χ1v) is 13.6. The van der Waals surface area contributed by atoms with Gasteiger partial charge in [-0.05, 0) is 43.7 Å². The molecule has 2 aromatic rings. The van der Waals surface area contributed by atoms with Crippen LogP contribution in [0.1, 0.15) is 51.4 Å². The van der Waals surface area contributed by atoms with Crippen LogP contribution in [0, 0.1) is 11.3 Å². The van der Waals surface area contributed by atoms with E-state index in [1.807, 2.05) is 24.3 Å². The van der Waals surface area contributed by atoms with E-state index in [-0.39, 0.29) is 42.6 Å². The molecule has 9 heteroatoms. The first kappa shape index (κ1) is 24.9. The standard InChI is InChI=1S/C27H33N3O5S/c1-34-25(33)27-14-17(27)9-5-3-2-4-6-10-19(28)24(32)30-16-18(13-21(30)22(31)15-27)35-26-29-20-11-7-8-12-23(20)36-26/h5,7-9,11-12,17-19,21H,2-4,6,10,13-16,28H2,1H3/b9-5-/t17-,18-,19+,21+,27-/m1/s1. The van der Waals surface area contributed by atoms with E-state index in [0.29, 0.717) is 24.5 Å². The summed E-state index contributed by atoms with van der Waals surface area (Å²) in [5, 5.41) is 0.520. The fraction of sp³-hybridized carbons (Fsp3) is 0.556. The summed E-state index contributed by atoms with van der Waals surface area (Å²) in [7, 11) is 1.36. The van der Waals surface area contributed by atoms with Gasteiger partial charge < -0.3 is 20.1 Å². The Kier molecular flexibility index (Phi) is 7.12. The van der Waals surface area contributed by atoms with Crippen molar-refractivity contribution in [2.24, 2.45) is 17.1 Å². The Bertz CT molecular complexity index is 1150. The van der Waals surface area contributed by atoms with Crippen molar-refractivity contribution in [2.75, 3.05) is 13.7 Å². The highest BCUT2D eigenvalue weighted by molar-refractivity contribution is 7.20. The van der Waals surface area contributed by atoms with E-state index in [1.54, 1.807) is 4.90 Å². The van der Waals surface area contributed by atoms with Gasteiger partial charge in [0.05, 0.1) is 41.4 Å². The molecule has 8 nitrogen and oxygen atoms in total. The molecule has 1 aliphatic carbocycles. The highest BCUT2D eigenvalue weighted by atomic mass is 32.1. The number of methoxy groups -OCH3 is 1. The summed E-state index contributed by atoms with van der Waals surface area (Å²) in [6, 6.07) is 6.44. The van der Waals surface area contributed by atoms with Crippen LogP contribution < -0.4 is 10.5 Å². The Morgan fingerprint density at radius 1 is 1.22 bits per heavy atom. The first-order valence-electron chi connectivity index (χ1n) is 12.8. The maximum absolute atomic E-state index is 13.7. The fourth-order valence-electron chi connectivity index (χ4n) is 5.60. The van der Waals surface area contributed by atoms with Crippen LogP contribution in [-0.2, 0) is 19.1 Å². The first-order chi connectivity index (χ1) is 17.4. The molecule has 1 amide bonds. The van der Waals surface area contributed by atoms with Crippen LogP contribution in [0.15, 0.2) is 36.4 Å². The maximum Gasteiger partial charge on any atom is 0.312 e. The van der Waals surface area contributed by atoms with Crippen molar-refractivity contribution in [1.29, 1.82) is 0 Å². The minimum Gasteiger partial charge on any atom is -0.469 e. The van der Waals surface area contributed by atoms with E-state index in [2.05, 4.69) is 17.1 Å². The van der Waals surface area contributed by atoms with E-state index in [4.69, 9.17) is 15.2 Å². The summed E-state index contributed by atoms with van der Waals surface area (Å²) in [5.74, 6) is -0.732. The number of carbonyl (C=O) groups is 3. The van der Waals surface area contributed by atoms with Crippen molar-refractivity contribution >= 4 is 39.2 Å². The average molecular weight is 512 g/mol. The number of nitrogens with zero attached hydrogens (tertiary/aromatic N) is 2. The molecule has 3 aliphatic rings. The van der Waals surface area contributed by atoms with Gasteiger partial charge in [0.25, 0.3) is 5.19 Å². The number of thiazole rings is 1. The van der Waals surface area contributed by atoms with Crippen LogP contribution in [0.25, 0.3) is 10.2 Å². The molecule has 1 aromatic heterocycles. The quantitative estimate of drug-likeness (QED) is 0.495. The molecule has 0 unspecified atom stereocenters. The van der Waals surface area contributed by atoms with E-state index >= 15 is 0 Å². The minimum atomic E-state index is -0.842. The predicted molar refractivity (Wildman–Crippen MR) is 137 cm³/mol.